The maximum Gasteiger partial charge on any atom is 0.311 e. The van der Waals surface area contributed by atoms with Gasteiger partial charge in [0.15, 0.2) is 11.9 Å². The molecule has 3 N–H and O–H groups in total. The third-order valence-electron chi connectivity index (χ3n) is 3.58. The predicted octanol–water partition coefficient (Wildman–Crippen LogP) is 0.256. The zero-order chi connectivity index (χ0) is 17.4. The lowest BCUT2D eigenvalue weighted by molar-refractivity contribution is -0.141. The summed E-state index contributed by atoms with van der Waals surface area (Å²) in [5.74, 6) is -0.363. The van der Waals surface area contributed by atoms with Crippen LogP contribution in [-0.4, -0.2) is 50.0 Å². The number of aliphatic hydroxyl groups is 1. The number of aliphatic hydroxyl groups excluding tert-OH is 1. The third kappa shape index (κ3) is 2.99. The van der Waals surface area contributed by atoms with Crippen LogP contribution < -0.4 is 10.6 Å². The van der Waals surface area contributed by atoms with Crippen molar-refractivity contribution in [1.82, 2.24) is 14.5 Å². The maximum absolute atomic E-state index is 12.5. The standard InChI is InChI=1S/C13H16N4O5S2/c1-5-9-10(16-12(14)15-5)17(13(20)24-9)11-6(3-7(19)21-2)23-8(4-18)22-11/h6,8,11,18H,3-4H2,1-2H3,(H2,14,15,16). The van der Waals surface area contributed by atoms with E-state index in [9.17, 15) is 14.7 Å². The molecule has 11 heteroatoms. The molecule has 0 spiro atoms. The molecule has 3 unspecified atom stereocenters. The second kappa shape index (κ2) is 6.67. The number of thiazole rings is 1. The van der Waals surface area contributed by atoms with Crippen molar-refractivity contribution in [3.8, 4) is 0 Å². The molecule has 0 radical (unpaired) electrons. The van der Waals surface area contributed by atoms with Gasteiger partial charge in [-0.05, 0) is 6.92 Å². The smallest absolute Gasteiger partial charge is 0.311 e. The number of methoxy groups -OCH3 is 1. The molecule has 2 aromatic rings. The highest BCUT2D eigenvalue weighted by Crippen LogP contribution is 2.41. The summed E-state index contributed by atoms with van der Waals surface area (Å²) in [5, 5.41) is 8.98. The van der Waals surface area contributed by atoms with Gasteiger partial charge in [-0.2, -0.15) is 4.98 Å². The molecule has 1 fully saturated rings. The fourth-order valence-electron chi connectivity index (χ4n) is 2.55. The van der Waals surface area contributed by atoms with Gasteiger partial charge in [0.2, 0.25) is 5.95 Å². The molecule has 0 amide bonds. The number of rotatable bonds is 4. The first-order chi connectivity index (χ1) is 11.4. The number of fused-ring (bicyclic) bond motifs is 1. The number of anilines is 1. The Morgan fingerprint density at radius 3 is 2.92 bits per heavy atom. The zero-order valence-electron chi connectivity index (χ0n) is 13.0. The lowest BCUT2D eigenvalue weighted by Crippen LogP contribution is -2.28. The first kappa shape index (κ1) is 17.1. The molecule has 3 heterocycles. The summed E-state index contributed by atoms with van der Waals surface area (Å²) in [6.45, 7) is 1.51. The minimum atomic E-state index is -0.749. The number of nitrogens with two attached hydrogens (primary N) is 1. The number of thioether (sulfide) groups is 1. The van der Waals surface area contributed by atoms with Crippen molar-refractivity contribution >= 4 is 45.4 Å². The van der Waals surface area contributed by atoms with Gasteiger partial charge in [0.25, 0.3) is 0 Å². The van der Waals surface area contributed by atoms with E-state index in [2.05, 4.69) is 9.97 Å². The van der Waals surface area contributed by atoms with Gasteiger partial charge in [-0.15, -0.1) is 11.8 Å². The average Bonchev–Trinajstić information content (AvgIpc) is 3.07. The van der Waals surface area contributed by atoms with Gasteiger partial charge in [0, 0.05) is 0 Å². The van der Waals surface area contributed by atoms with Crippen LogP contribution in [0.25, 0.3) is 10.3 Å². The maximum atomic E-state index is 12.5. The highest BCUT2D eigenvalue weighted by molar-refractivity contribution is 8.00. The van der Waals surface area contributed by atoms with Crippen molar-refractivity contribution in [1.29, 1.82) is 0 Å². The summed E-state index contributed by atoms with van der Waals surface area (Å²) in [6, 6.07) is 0. The highest BCUT2D eigenvalue weighted by Gasteiger charge is 2.40. The second-order valence-corrected chi connectivity index (χ2v) is 7.52. The number of aromatic nitrogens is 3. The molecule has 2 aromatic heterocycles. The van der Waals surface area contributed by atoms with Crippen molar-refractivity contribution in [3.05, 3.63) is 15.4 Å². The first-order valence-electron chi connectivity index (χ1n) is 7.08. The van der Waals surface area contributed by atoms with E-state index in [4.69, 9.17) is 15.2 Å². The van der Waals surface area contributed by atoms with Crippen molar-refractivity contribution in [3.63, 3.8) is 0 Å². The minimum absolute atomic E-state index is 0.0473. The van der Waals surface area contributed by atoms with Gasteiger partial charge in [-0.25, -0.2) is 4.98 Å². The molecular weight excluding hydrogens is 356 g/mol. The number of aryl methyl sites for hydroxylation is 1. The SMILES string of the molecule is COC(=O)CC1SC(CO)OC1n1c(=O)sc2c(C)nc(N)nc21. The quantitative estimate of drug-likeness (QED) is 0.726. The molecular formula is C13H16N4O5S2. The van der Waals surface area contributed by atoms with Crippen molar-refractivity contribution < 1.29 is 19.4 Å². The number of esters is 1. The average molecular weight is 372 g/mol. The Labute approximate surface area is 144 Å². The number of nitrogen functional groups attached to an aromatic ring is 1. The summed E-state index contributed by atoms with van der Waals surface area (Å²) in [4.78, 5) is 32.1. The molecule has 130 valence electrons. The van der Waals surface area contributed by atoms with Crippen LogP contribution in [0.1, 0.15) is 18.3 Å². The Hall–Kier alpha value is -1.69. The largest absolute Gasteiger partial charge is 0.469 e. The third-order valence-corrected chi connectivity index (χ3v) is 5.95. The van der Waals surface area contributed by atoms with E-state index >= 15 is 0 Å². The van der Waals surface area contributed by atoms with Crippen LogP contribution in [0, 0.1) is 6.92 Å². The number of hydrogen-bond donors (Lipinski definition) is 2. The number of carbonyl (C=O) groups is 1. The van der Waals surface area contributed by atoms with Gasteiger partial charge in [-0.3, -0.25) is 14.2 Å². The summed E-state index contributed by atoms with van der Waals surface area (Å²) >= 11 is 2.28. The number of carbonyl (C=O) groups excluding carboxylic acids is 1. The molecule has 0 saturated carbocycles. The van der Waals surface area contributed by atoms with Crippen LogP contribution in [0.2, 0.25) is 0 Å². The molecule has 1 saturated heterocycles. The number of ether oxygens (including phenoxy) is 2. The fraction of sp³-hybridized carbons (Fsp3) is 0.538. The van der Waals surface area contributed by atoms with Crippen molar-refractivity contribution in [2.45, 2.75) is 30.3 Å². The van der Waals surface area contributed by atoms with Crippen LogP contribution in [0.5, 0.6) is 0 Å². The summed E-state index contributed by atoms with van der Waals surface area (Å²) < 4.78 is 12.5. The van der Waals surface area contributed by atoms with E-state index in [1.54, 1.807) is 6.92 Å². The predicted molar refractivity (Wildman–Crippen MR) is 89.8 cm³/mol. The molecule has 0 aromatic carbocycles. The van der Waals surface area contributed by atoms with Gasteiger partial charge >= 0.3 is 10.8 Å². The Morgan fingerprint density at radius 1 is 1.50 bits per heavy atom. The van der Waals surface area contributed by atoms with Gasteiger partial charge < -0.3 is 20.3 Å². The van der Waals surface area contributed by atoms with Crippen LogP contribution in [0.15, 0.2) is 4.79 Å². The van der Waals surface area contributed by atoms with Crippen molar-refractivity contribution in [2.24, 2.45) is 0 Å². The summed E-state index contributed by atoms with van der Waals surface area (Å²) in [6.07, 6.45) is -0.702. The number of nitrogens with zero attached hydrogens (tertiary/aromatic N) is 3. The first-order valence-corrected chi connectivity index (χ1v) is 8.84. The molecule has 0 aliphatic carbocycles. The normalized spacial score (nSPS) is 23.7. The molecule has 1 aliphatic rings. The summed E-state index contributed by atoms with van der Waals surface area (Å²) in [7, 11) is 1.30. The van der Waals surface area contributed by atoms with Crippen LogP contribution in [0.4, 0.5) is 5.95 Å². The van der Waals surface area contributed by atoms with Crippen LogP contribution >= 0.6 is 23.1 Å². The number of hydrogen-bond acceptors (Lipinski definition) is 10. The molecule has 24 heavy (non-hydrogen) atoms. The lowest BCUT2D eigenvalue weighted by Gasteiger charge is -2.18. The lowest BCUT2D eigenvalue weighted by atomic mass is 10.2. The molecule has 3 rings (SSSR count). The van der Waals surface area contributed by atoms with Crippen LogP contribution in [-0.2, 0) is 14.3 Å². The van der Waals surface area contributed by atoms with E-state index in [0.29, 0.717) is 16.0 Å². The fourth-order valence-corrected chi connectivity index (χ4v) is 4.64. The van der Waals surface area contributed by atoms with Gasteiger partial charge in [-0.1, -0.05) is 11.3 Å². The van der Waals surface area contributed by atoms with Crippen molar-refractivity contribution in [2.75, 3.05) is 19.5 Å². The van der Waals surface area contributed by atoms with Crippen LogP contribution in [0.3, 0.4) is 0 Å². The Morgan fingerprint density at radius 2 is 2.25 bits per heavy atom. The Bertz CT molecular complexity index is 836. The minimum Gasteiger partial charge on any atom is -0.469 e. The highest BCUT2D eigenvalue weighted by atomic mass is 32.2. The monoisotopic (exact) mass is 372 g/mol. The Kier molecular flexibility index (Phi) is 4.76. The molecule has 9 nitrogen and oxygen atoms in total. The van der Waals surface area contributed by atoms with E-state index in [1.165, 1.54) is 23.4 Å². The molecule has 3 atom stereocenters. The molecule has 1 aliphatic heterocycles. The van der Waals surface area contributed by atoms with Gasteiger partial charge in [0.05, 0.1) is 35.8 Å². The second-order valence-electron chi connectivity index (χ2n) is 5.15. The molecule has 0 bridgehead atoms. The zero-order valence-corrected chi connectivity index (χ0v) is 14.6. The van der Waals surface area contributed by atoms with Gasteiger partial charge in [0.1, 0.15) is 5.44 Å². The summed E-state index contributed by atoms with van der Waals surface area (Å²) in [5.41, 5.74) is 6.14. The van der Waals surface area contributed by atoms with E-state index in [1.807, 2.05) is 0 Å². The van der Waals surface area contributed by atoms with E-state index in [-0.39, 0.29) is 29.1 Å². The van der Waals surface area contributed by atoms with E-state index < -0.39 is 17.6 Å². The topological polar surface area (TPSA) is 130 Å². The van der Waals surface area contributed by atoms with E-state index in [0.717, 1.165) is 11.3 Å². The Balaban J connectivity index is 2.08.